The molecule has 0 unspecified atom stereocenters. The van der Waals surface area contributed by atoms with Crippen molar-refractivity contribution in [2.24, 2.45) is 0 Å². The summed E-state index contributed by atoms with van der Waals surface area (Å²) in [6.07, 6.45) is 29.7. The third-order valence-electron chi connectivity index (χ3n) is 3.36. The monoisotopic (exact) mass is 356 g/mol. The van der Waals surface area contributed by atoms with Crippen LogP contribution >= 0.6 is 0 Å². The average molecular weight is 356 g/mol. The fourth-order valence-electron chi connectivity index (χ4n) is 2.00. The number of hydrogen-bond donors (Lipinski definition) is 0. The van der Waals surface area contributed by atoms with Crippen molar-refractivity contribution in [1.29, 1.82) is 0 Å². The molecule has 0 rings (SSSR count). The first kappa shape index (κ1) is 23.5. The van der Waals surface area contributed by atoms with Gasteiger partial charge in [0, 0.05) is 12.8 Å². The number of carbonyl (C=O) groups excluding carboxylic acids is 1. The van der Waals surface area contributed by atoms with E-state index in [-0.39, 0.29) is 18.5 Å². The molecule has 0 atom stereocenters. The standard InChI is InChI=1S/C22H30NO3/c1-2-3-4-5-6-7-8-9-10-11-12-13-14-15-16-17-19-22(23(25)26)20-18-21-24/h3-4,6-7,9-10,12-13,15-16,19H,2,5,8,11,14,17-18,20H2,1H3/b4-3+,7-6+,10-9+,13-12+,16-15+,22-19-. The molecule has 0 heterocycles. The lowest BCUT2D eigenvalue weighted by atomic mass is 10.2. The van der Waals surface area contributed by atoms with Crippen LogP contribution in [0.2, 0.25) is 0 Å². The van der Waals surface area contributed by atoms with E-state index in [1.807, 2.05) is 12.2 Å². The van der Waals surface area contributed by atoms with Crippen LogP contribution in [-0.2, 0) is 4.79 Å². The van der Waals surface area contributed by atoms with Crippen LogP contribution in [0.1, 0.15) is 58.3 Å². The molecule has 141 valence electrons. The van der Waals surface area contributed by atoms with Crippen molar-refractivity contribution in [3.8, 4) is 0 Å². The molecule has 0 aromatic rings. The molecule has 0 amide bonds. The van der Waals surface area contributed by atoms with Crippen LogP contribution in [0.5, 0.6) is 0 Å². The maximum absolute atomic E-state index is 10.8. The Morgan fingerprint density at radius 3 is 1.62 bits per heavy atom. The highest BCUT2D eigenvalue weighted by molar-refractivity contribution is 5.50. The molecule has 0 saturated heterocycles. The molecular formula is C22H30NO3. The number of rotatable bonds is 15. The van der Waals surface area contributed by atoms with Crippen LogP contribution in [0, 0.1) is 10.1 Å². The van der Waals surface area contributed by atoms with E-state index in [0.717, 1.165) is 32.1 Å². The summed E-state index contributed by atoms with van der Waals surface area (Å²) >= 11 is 0. The van der Waals surface area contributed by atoms with Crippen LogP contribution in [0.15, 0.2) is 72.5 Å². The first-order valence-corrected chi connectivity index (χ1v) is 9.15. The second-order valence-electron chi connectivity index (χ2n) is 5.54. The summed E-state index contributed by atoms with van der Waals surface area (Å²) < 4.78 is 0. The zero-order chi connectivity index (χ0) is 19.3. The molecule has 0 aromatic carbocycles. The smallest absolute Gasteiger partial charge is 0.243 e. The Bertz CT molecular complexity index is 552. The van der Waals surface area contributed by atoms with Crippen LogP contribution in [0.4, 0.5) is 0 Å². The molecule has 4 heteroatoms. The van der Waals surface area contributed by atoms with Gasteiger partial charge in [0.25, 0.3) is 0 Å². The topological polar surface area (TPSA) is 60.2 Å². The van der Waals surface area contributed by atoms with Gasteiger partial charge in [-0.1, -0.05) is 67.7 Å². The lowest BCUT2D eigenvalue weighted by Gasteiger charge is -1.93. The van der Waals surface area contributed by atoms with Crippen molar-refractivity contribution < 1.29 is 9.72 Å². The molecule has 1 radical (unpaired) electrons. The molecule has 0 aliphatic heterocycles. The molecule has 26 heavy (non-hydrogen) atoms. The molecule has 0 aromatic heterocycles. The second-order valence-corrected chi connectivity index (χ2v) is 5.54. The minimum atomic E-state index is -0.436. The predicted octanol–water partition coefficient (Wildman–Crippen LogP) is 6.18. The molecule has 0 spiro atoms. The SMILES string of the molecule is CC/C=C/C/C=C/C/C=C/C/C=C/C/C=C/C/C=C(/CC[C]=O)[N+](=O)[O-]. The summed E-state index contributed by atoms with van der Waals surface area (Å²) in [7, 11) is 0. The van der Waals surface area contributed by atoms with E-state index in [1.54, 1.807) is 12.4 Å². The van der Waals surface area contributed by atoms with E-state index in [9.17, 15) is 14.9 Å². The molecule has 4 nitrogen and oxygen atoms in total. The Hall–Kier alpha value is -2.49. The number of nitro groups is 1. The number of allylic oxidation sites excluding steroid dienone is 12. The largest absolute Gasteiger partial charge is 0.291 e. The Balaban J connectivity index is 3.83. The summed E-state index contributed by atoms with van der Waals surface area (Å²) in [4.78, 5) is 20.5. The van der Waals surface area contributed by atoms with E-state index in [1.165, 1.54) is 0 Å². The first-order chi connectivity index (χ1) is 12.7. The third kappa shape index (κ3) is 16.4. The fraction of sp³-hybridized carbons (Fsp3) is 0.409. The number of hydrogen-bond acceptors (Lipinski definition) is 3. The van der Waals surface area contributed by atoms with Gasteiger partial charge >= 0.3 is 0 Å². The molecule has 0 fully saturated rings. The van der Waals surface area contributed by atoms with E-state index < -0.39 is 4.92 Å². The fourth-order valence-corrected chi connectivity index (χ4v) is 2.00. The van der Waals surface area contributed by atoms with Crippen molar-refractivity contribution >= 4 is 6.29 Å². The molecule has 0 aliphatic carbocycles. The van der Waals surface area contributed by atoms with Crippen molar-refractivity contribution in [2.45, 2.75) is 58.3 Å². The summed E-state index contributed by atoms with van der Waals surface area (Å²) in [6, 6.07) is 0. The lowest BCUT2D eigenvalue weighted by molar-refractivity contribution is -0.428. The summed E-state index contributed by atoms with van der Waals surface area (Å²) in [6.45, 7) is 2.13. The number of nitrogens with zero attached hydrogens (tertiary/aromatic N) is 1. The highest BCUT2D eigenvalue weighted by Crippen LogP contribution is 2.06. The lowest BCUT2D eigenvalue weighted by Crippen LogP contribution is -1.98. The molecule has 0 saturated carbocycles. The van der Waals surface area contributed by atoms with Gasteiger partial charge < -0.3 is 0 Å². The summed E-state index contributed by atoms with van der Waals surface area (Å²) in [5.74, 6) is 0. The molecular weight excluding hydrogens is 326 g/mol. The van der Waals surface area contributed by atoms with Gasteiger partial charge in [-0.3, -0.25) is 14.9 Å². The van der Waals surface area contributed by atoms with Gasteiger partial charge in [0.1, 0.15) is 0 Å². The van der Waals surface area contributed by atoms with Gasteiger partial charge in [-0.25, -0.2) is 0 Å². The second kappa shape index (κ2) is 18.8. The van der Waals surface area contributed by atoms with Gasteiger partial charge in [0.15, 0.2) is 6.29 Å². The van der Waals surface area contributed by atoms with Gasteiger partial charge in [0.05, 0.1) is 4.92 Å². The molecule has 0 bridgehead atoms. The summed E-state index contributed by atoms with van der Waals surface area (Å²) in [5, 5.41) is 10.8. The Morgan fingerprint density at radius 1 is 0.808 bits per heavy atom. The Labute approximate surface area is 157 Å². The molecule has 0 aliphatic rings. The highest BCUT2D eigenvalue weighted by Gasteiger charge is 2.08. The van der Waals surface area contributed by atoms with Crippen LogP contribution in [0.3, 0.4) is 0 Å². The minimum absolute atomic E-state index is 0.0679. The first-order valence-electron chi connectivity index (χ1n) is 9.15. The maximum atomic E-state index is 10.8. The van der Waals surface area contributed by atoms with E-state index in [4.69, 9.17) is 0 Å². The molecule has 0 N–H and O–H groups in total. The summed E-state index contributed by atoms with van der Waals surface area (Å²) in [5.41, 5.74) is 0.0779. The normalized spacial score (nSPS) is 13.2. The van der Waals surface area contributed by atoms with Crippen LogP contribution < -0.4 is 0 Å². The van der Waals surface area contributed by atoms with Gasteiger partial charge in [-0.15, -0.1) is 0 Å². The third-order valence-corrected chi connectivity index (χ3v) is 3.36. The maximum Gasteiger partial charge on any atom is 0.243 e. The van der Waals surface area contributed by atoms with Crippen molar-refractivity contribution in [1.82, 2.24) is 0 Å². The van der Waals surface area contributed by atoms with Crippen molar-refractivity contribution in [2.75, 3.05) is 0 Å². The van der Waals surface area contributed by atoms with Crippen LogP contribution in [0.25, 0.3) is 0 Å². The quantitative estimate of drug-likeness (QED) is 0.200. The average Bonchev–Trinajstić information content (AvgIpc) is 2.63. The highest BCUT2D eigenvalue weighted by atomic mass is 16.6. The van der Waals surface area contributed by atoms with Crippen molar-refractivity contribution in [3.63, 3.8) is 0 Å². The minimum Gasteiger partial charge on any atom is -0.291 e. The predicted molar refractivity (Wildman–Crippen MR) is 109 cm³/mol. The van der Waals surface area contributed by atoms with Gasteiger partial charge in [-0.2, -0.15) is 0 Å². The zero-order valence-corrected chi connectivity index (χ0v) is 15.7. The Morgan fingerprint density at radius 2 is 1.23 bits per heavy atom. The van der Waals surface area contributed by atoms with Gasteiger partial charge in [0.2, 0.25) is 5.70 Å². The van der Waals surface area contributed by atoms with Crippen molar-refractivity contribution in [3.05, 3.63) is 82.6 Å². The Kier molecular flexibility index (Phi) is 17.0. The van der Waals surface area contributed by atoms with E-state index >= 15 is 0 Å². The zero-order valence-electron chi connectivity index (χ0n) is 15.7. The van der Waals surface area contributed by atoms with E-state index in [0.29, 0.717) is 6.42 Å². The van der Waals surface area contributed by atoms with E-state index in [2.05, 4.69) is 55.5 Å². The van der Waals surface area contributed by atoms with Gasteiger partial charge in [-0.05, 0) is 44.6 Å². The van der Waals surface area contributed by atoms with Crippen LogP contribution in [-0.4, -0.2) is 11.2 Å².